The van der Waals surface area contributed by atoms with Crippen LogP contribution in [0.2, 0.25) is 0 Å². The topological polar surface area (TPSA) is 59.2 Å². The van der Waals surface area contributed by atoms with Gasteiger partial charge in [-0.1, -0.05) is 37.1 Å². The van der Waals surface area contributed by atoms with Crippen LogP contribution in [-0.4, -0.2) is 27.5 Å². The number of aromatic nitrogens is 2. The molecular weight excluding hydrogens is 357 g/mol. The maximum atomic E-state index is 13.2. The number of carbonyl (C=O) groups excluding carboxylic acids is 1. The fourth-order valence-corrected chi connectivity index (χ4v) is 2.97. The first-order valence-electron chi connectivity index (χ1n) is 9.51. The molecule has 0 saturated carbocycles. The minimum absolute atomic E-state index is 0.0475. The highest BCUT2D eigenvalue weighted by molar-refractivity contribution is 5.94. The van der Waals surface area contributed by atoms with Gasteiger partial charge < -0.3 is 9.42 Å². The second-order valence-electron chi connectivity index (χ2n) is 6.78. The van der Waals surface area contributed by atoms with Gasteiger partial charge in [0, 0.05) is 24.2 Å². The van der Waals surface area contributed by atoms with Crippen molar-refractivity contribution in [3.05, 3.63) is 71.3 Å². The minimum Gasteiger partial charge on any atom is -0.334 e. The summed E-state index contributed by atoms with van der Waals surface area (Å²) in [5.74, 6) is 0.673. The van der Waals surface area contributed by atoms with Crippen LogP contribution in [0.5, 0.6) is 0 Å². The Bertz CT molecular complexity index is 904. The highest BCUT2D eigenvalue weighted by Gasteiger charge is 2.17. The predicted octanol–water partition coefficient (Wildman–Crippen LogP) is 5.02. The molecule has 0 radical (unpaired) electrons. The quantitative estimate of drug-likeness (QED) is 0.514. The van der Waals surface area contributed by atoms with Gasteiger partial charge in [-0.2, -0.15) is 4.98 Å². The van der Waals surface area contributed by atoms with Crippen molar-refractivity contribution in [3.63, 3.8) is 0 Å². The first kappa shape index (κ1) is 19.7. The van der Waals surface area contributed by atoms with E-state index >= 15 is 0 Å². The van der Waals surface area contributed by atoms with Crippen molar-refractivity contribution < 1.29 is 13.7 Å². The SMILES string of the molecule is CCCCCN(Cc1ccc(F)cc1)C(=O)c1ccc(-c2nc(C)no2)cc1. The Morgan fingerprint density at radius 3 is 2.39 bits per heavy atom. The molecule has 1 amide bonds. The van der Waals surface area contributed by atoms with Gasteiger partial charge in [0.05, 0.1) is 0 Å². The van der Waals surface area contributed by atoms with Gasteiger partial charge in [0.15, 0.2) is 5.82 Å². The molecule has 0 aliphatic carbocycles. The first-order valence-corrected chi connectivity index (χ1v) is 9.51. The zero-order chi connectivity index (χ0) is 19.9. The average Bonchev–Trinajstić information content (AvgIpc) is 3.15. The Hall–Kier alpha value is -3.02. The van der Waals surface area contributed by atoms with Gasteiger partial charge in [0.25, 0.3) is 11.8 Å². The van der Waals surface area contributed by atoms with Gasteiger partial charge in [0.2, 0.25) is 0 Å². The number of aryl methyl sites for hydroxylation is 1. The summed E-state index contributed by atoms with van der Waals surface area (Å²) in [6, 6.07) is 13.4. The maximum Gasteiger partial charge on any atom is 0.257 e. The molecule has 0 aliphatic rings. The third kappa shape index (κ3) is 5.03. The molecule has 3 rings (SSSR count). The van der Waals surface area contributed by atoms with Crippen LogP contribution in [0.1, 0.15) is 47.9 Å². The summed E-state index contributed by atoms with van der Waals surface area (Å²) in [7, 11) is 0. The van der Waals surface area contributed by atoms with Crippen LogP contribution >= 0.6 is 0 Å². The highest BCUT2D eigenvalue weighted by Crippen LogP contribution is 2.19. The van der Waals surface area contributed by atoms with Crippen LogP contribution in [0.15, 0.2) is 53.1 Å². The molecule has 0 atom stereocenters. The molecule has 0 bridgehead atoms. The normalized spacial score (nSPS) is 10.8. The summed E-state index contributed by atoms with van der Waals surface area (Å²) >= 11 is 0. The zero-order valence-electron chi connectivity index (χ0n) is 16.2. The molecule has 0 N–H and O–H groups in total. The third-order valence-corrected chi connectivity index (χ3v) is 4.51. The van der Waals surface area contributed by atoms with Crippen molar-refractivity contribution in [2.45, 2.75) is 39.7 Å². The average molecular weight is 381 g/mol. The van der Waals surface area contributed by atoms with E-state index in [1.165, 1.54) is 12.1 Å². The molecule has 1 aromatic heterocycles. The fourth-order valence-electron chi connectivity index (χ4n) is 2.97. The minimum atomic E-state index is -0.278. The summed E-state index contributed by atoms with van der Waals surface area (Å²) in [5.41, 5.74) is 2.27. The highest BCUT2D eigenvalue weighted by atomic mass is 19.1. The summed E-state index contributed by atoms with van der Waals surface area (Å²) in [6.45, 7) is 5.00. The lowest BCUT2D eigenvalue weighted by Gasteiger charge is -2.23. The summed E-state index contributed by atoms with van der Waals surface area (Å²) < 4.78 is 18.3. The number of hydrogen-bond donors (Lipinski definition) is 0. The van der Waals surface area contributed by atoms with E-state index in [1.54, 1.807) is 31.2 Å². The number of nitrogens with zero attached hydrogens (tertiary/aromatic N) is 3. The lowest BCUT2D eigenvalue weighted by atomic mass is 10.1. The standard InChI is InChI=1S/C22H24FN3O2/c1-3-4-5-14-26(15-17-6-12-20(23)13-7-17)22(27)19-10-8-18(9-11-19)21-24-16(2)25-28-21/h6-13H,3-5,14-15H2,1-2H3. The van der Waals surface area contributed by atoms with E-state index in [9.17, 15) is 9.18 Å². The van der Waals surface area contributed by atoms with E-state index < -0.39 is 0 Å². The van der Waals surface area contributed by atoms with Crippen molar-refractivity contribution in [2.75, 3.05) is 6.54 Å². The number of benzene rings is 2. The van der Waals surface area contributed by atoms with Crippen LogP contribution in [0.3, 0.4) is 0 Å². The summed E-state index contributed by atoms with van der Waals surface area (Å²) in [6.07, 6.45) is 3.07. The number of amides is 1. The smallest absolute Gasteiger partial charge is 0.257 e. The predicted molar refractivity (Wildman–Crippen MR) is 105 cm³/mol. The summed E-state index contributed by atoms with van der Waals surface area (Å²) in [4.78, 5) is 19.1. The van der Waals surface area contributed by atoms with Crippen molar-refractivity contribution in [1.29, 1.82) is 0 Å². The number of unbranched alkanes of at least 4 members (excludes halogenated alkanes) is 2. The van der Waals surface area contributed by atoms with E-state index in [4.69, 9.17) is 4.52 Å². The molecule has 0 aliphatic heterocycles. The van der Waals surface area contributed by atoms with Crippen LogP contribution in [0, 0.1) is 12.7 Å². The molecule has 0 spiro atoms. The second kappa shape index (κ2) is 9.26. The van der Waals surface area contributed by atoms with Crippen LogP contribution in [0.25, 0.3) is 11.5 Å². The molecule has 146 valence electrons. The van der Waals surface area contributed by atoms with E-state index in [0.717, 1.165) is 30.4 Å². The number of hydrogen-bond acceptors (Lipinski definition) is 4. The van der Waals surface area contributed by atoms with Gasteiger partial charge in [-0.25, -0.2) is 4.39 Å². The van der Waals surface area contributed by atoms with E-state index in [0.29, 0.717) is 30.4 Å². The van der Waals surface area contributed by atoms with Crippen LogP contribution in [0.4, 0.5) is 4.39 Å². The molecular formula is C22H24FN3O2. The Balaban J connectivity index is 1.76. The Labute approximate surface area is 164 Å². The first-order chi connectivity index (χ1) is 13.6. The lowest BCUT2D eigenvalue weighted by molar-refractivity contribution is 0.0740. The van der Waals surface area contributed by atoms with Crippen molar-refractivity contribution in [2.24, 2.45) is 0 Å². The van der Waals surface area contributed by atoms with Gasteiger partial charge in [-0.05, 0) is 55.3 Å². The van der Waals surface area contributed by atoms with Crippen LogP contribution in [-0.2, 0) is 6.54 Å². The number of rotatable bonds is 8. The van der Waals surface area contributed by atoms with Crippen molar-refractivity contribution in [1.82, 2.24) is 15.0 Å². The van der Waals surface area contributed by atoms with Crippen molar-refractivity contribution in [3.8, 4) is 11.5 Å². The fraction of sp³-hybridized carbons (Fsp3) is 0.318. The monoisotopic (exact) mass is 381 g/mol. The Kier molecular flexibility index (Phi) is 6.53. The van der Waals surface area contributed by atoms with E-state index in [-0.39, 0.29) is 11.7 Å². The number of carbonyl (C=O) groups is 1. The van der Waals surface area contributed by atoms with Crippen molar-refractivity contribution >= 4 is 5.91 Å². The molecule has 3 aromatic rings. The van der Waals surface area contributed by atoms with E-state index in [2.05, 4.69) is 17.1 Å². The molecule has 5 nitrogen and oxygen atoms in total. The lowest BCUT2D eigenvalue weighted by Crippen LogP contribution is -2.31. The largest absolute Gasteiger partial charge is 0.334 e. The van der Waals surface area contributed by atoms with Gasteiger partial charge in [0.1, 0.15) is 5.82 Å². The molecule has 28 heavy (non-hydrogen) atoms. The second-order valence-corrected chi connectivity index (χ2v) is 6.78. The van der Waals surface area contributed by atoms with E-state index in [1.807, 2.05) is 17.0 Å². The maximum absolute atomic E-state index is 13.2. The molecule has 1 heterocycles. The Morgan fingerprint density at radius 2 is 1.79 bits per heavy atom. The van der Waals surface area contributed by atoms with Gasteiger partial charge in [-0.3, -0.25) is 4.79 Å². The molecule has 6 heteroatoms. The summed E-state index contributed by atoms with van der Waals surface area (Å²) in [5, 5.41) is 3.79. The molecule has 0 saturated heterocycles. The van der Waals surface area contributed by atoms with Gasteiger partial charge in [-0.15, -0.1) is 0 Å². The zero-order valence-corrected chi connectivity index (χ0v) is 16.2. The number of halogens is 1. The van der Waals surface area contributed by atoms with Gasteiger partial charge >= 0.3 is 0 Å². The molecule has 0 unspecified atom stereocenters. The Morgan fingerprint density at radius 1 is 1.07 bits per heavy atom. The van der Waals surface area contributed by atoms with Crippen LogP contribution < -0.4 is 0 Å². The molecule has 0 fully saturated rings. The molecule has 2 aromatic carbocycles. The third-order valence-electron chi connectivity index (χ3n) is 4.51.